The van der Waals surface area contributed by atoms with Crippen molar-refractivity contribution in [3.8, 4) is 0 Å². The molecule has 0 saturated heterocycles. The number of thiazole rings is 1. The number of halogens is 1. The molecule has 1 aromatic carbocycles. The van der Waals surface area contributed by atoms with E-state index >= 15 is 0 Å². The van der Waals surface area contributed by atoms with Crippen molar-refractivity contribution in [1.29, 1.82) is 0 Å². The Balaban J connectivity index is 1.68. The van der Waals surface area contributed by atoms with E-state index in [0.29, 0.717) is 26.6 Å². The van der Waals surface area contributed by atoms with Gasteiger partial charge in [-0.05, 0) is 30.9 Å². The molecule has 2 N–H and O–H groups in total. The van der Waals surface area contributed by atoms with Crippen LogP contribution in [-0.4, -0.2) is 16.8 Å². The van der Waals surface area contributed by atoms with Crippen molar-refractivity contribution in [2.45, 2.75) is 20.3 Å². The van der Waals surface area contributed by atoms with Gasteiger partial charge in [0.1, 0.15) is 4.88 Å². The van der Waals surface area contributed by atoms with Gasteiger partial charge in [0.2, 0.25) is 5.91 Å². The first-order chi connectivity index (χ1) is 11.0. The van der Waals surface area contributed by atoms with Crippen LogP contribution in [-0.2, 0) is 4.79 Å². The van der Waals surface area contributed by atoms with E-state index in [1.165, 1.54) is 6.20 Å². The van der Waals surface area contributed by atoms with Gasteiger partial charge in [-0.1, -0.05) is 42.0 Å². The Hall–Kier alpha value is -1.92. The molecule has 1 heterocycles. The number of hydrogen-bond acceptors (Lipinski definition) is 4. The fraction of sp³-hybridized carbons (Fsp3) is 0.312. The molecule has 2 aromatic rings. The monoisotopic (exact) mass is 349 g/mol. The highest BCUT2D eigenvalue weighted by molar-refractivity contribution is 7.17. The van der Waals surface area contributed by atoms with Crippen molar-refractivity contribution >= 4 is 45.6 Å². The fourth-order valence-electron chi connectivity index (χ4n) is 2.29. The van der Waals surface area contributed by atoms with Crippen molar-refractivity contribution in [1.82, 2.24) is 4.98 Å². The molecule has 1 saturated carbocycles. The predicted molar refractivity (Wildman–Crippen MR) is 92.2 cm³/mol. The second-order valence-electron chi connectivity index (χ2n) is 5.72. The topological polar surface area (TPSA) is 71.1 Å². The van der Waals surface area contributed by atoms with Gasteiger partial charge in [-0.15, -0.1) is 0 Å². The molecule has 1 aromatic heterocycles. The smallest absolute Gasteiger partial charge is 0.267 e. The number of nitrogens with one attached hydrogen (secondary N) is 2. The minimum atomic E-state index is -0.293. The summed E-state index contributed by atoms with van der Waals surface area (Å²) in [5, 5.41) is 6.47. The summed E-state index contributed by atoms with van der Waals surface area (Å²) in [5.74, 6) is 0.183. The highest BCUT2D eigenvalue weighted by Gasteiger charge is 2.39. The Morgan fingerprint density at radius 3 is 2.74 bits per heavy atom. The number of rotatable bonds is 4. The van der Waals surface area contributed by atoms with Gasteiger partial charge in [0.05, 0.1) is 16.9 Å². The van der Waals surface area contributed by atoms with Gasteiger partial charge in [-0.25, -0.2) is 4.98 Å². The highest BCUT2D eigenvalue weighted by Crippen LogP contribution is 2.38. The second kappa shape index (κ2) is 6.29. The summed E-state index contributed by atoms with van der Waals surface area (Å²) in [7, 11) is 0. The zero-order chi connectivity index (χ0) is 16.6. The third-order valence-corrected chi connectivity index (χ3v) is 5.09. The van der Waals surface area contributed by atoms with E-state index < -0.39 is 0 Å². The molecule has 2 atom stereocenters. The Morgan fingerprint density at radius 1 is 1.35 bits per heavy atom. The van der Waals surface area contributed by atoms with E-state index in [4.69, 9.17) is 11.6 Å². The van der Waals surface area contributed by atoms with Crippen LogP contribution in [0.5, 0.6) is 0 Å². The van der Waals surface area contributed by atoms with Crippen molar-refractivity contribution in [2.75, 3.05) is 10.6 Å². The van der Waals surface area contributed by atoms with Gasteiger partial charge in [0, 0.05) is 5.92 Å². The molecule has 2 amide bonds. The van der Waals surface area contributed by atoms with Crippen molar-refractivity contribution in [3.63, 3.8) is 0 Å². The molecule has 23 heavy (non-hydrogen) atoms. The summed E-state index contributed by atoms with van der Waals surface area (Å²) in [6.07, 6.45) is 2.37. The molecule has 120 valence electrons. The minimum absolute atomic E-state index is 0.0271. The SMILES string of the molecule is Cc1cccc(Cl)c1NC(=O)c1cnc(NC(=O)C2C[C@@H]2C)s1. The lowest BCUT2D eigenvalue weighted by Gasteiger charge is -2.08. The third-order valence-electron chi connectivity index (χ3n) is 3.87. The number of nitrogens with zero attached hydrogens (tertiary/aromatic N) is 1. The van der Waals surface area contributed by atoms with E-state index in [1.807, 2.05) is 26.0 Å². The Bertz CT molecular complexity index is 754. The van der Waals surface area contributed by atoms with Crippen LogP contribution in [0, 0.1) is 18.8 Å². The first-order valence-corrected chi connectivity index (χ1v) is 8.48. The van der Waals surface area contributed by atoms with Gasteiger partial charge in [-0.2, -0.15) is 0 Å². The number of para-hydroxylation sites is 1. The maximum Gasteiger partial charge on any atom is 0.267 e. The summed E-state index contributed by atoms with van der Waals surface area (Å²) < 4.78 is 0. The average Bonchev–Trinajstić information content (AvgIpc) is 3.05. The van der Waals surface area contributed by atoms with Gasteiger partial charge < -0.3 is 10.6 Å². The summed E-state index contributed by atoms with van der Waals surface area (Å²) in [5.41, 5.74) is 1.47. The molecule has 1 aliphatic rings. The maximum absolute atomic E-state index is 12.3. The number of hydrogen-bond donors (Lipinski definition) is 2. The summed E-state index contributed by atoms with van der Waals surface area (Å²) >= 11 is 7.26. The molecule has 0 aliphatic heterocycles. The van der Waals surface area contributed by atoms with E-state index in [1.54, 1.807) is 6.07 Å². The van der Waals surface area contributed by atoms with Crippen LogP contribution in [0.15, 0.2) is 24.4 Å². The minimum Gasteiger partial charge on any atom is -0.320 e. The number of aromatic nitrogens is 1. The number of amides is 2. The first kappa shape index (κ1) is 16.0. The molecular formula is C16H16ClN3O2S. The van der Waals surface area contributed by atoms with Gasteiger partial charge in [0.15, 0.2) is 5.13 Å². The Kier molecular flexibility index (Phi) is 4.37. The summed E-state index contributed by atoms with van der Waals surface area (Å²) in [6.45, 7) is 3.91. The zero-order valence-electron chi connectivity index (χ0n) is 12.7. The van der Waals surface area contributed by atoms with Crippen LogP contribution < -0.4 is 10.6 Å². The average molecular weight is 350 g/mol. The van der Waals surface area contributed by atoms with Gasteiger partial charge in [0.25, 0.3) is 5.91 Å². The third kappa shape index (κ3) is 3.54. The number of carbonyl (C=O) groups is 2. The Labute approximate surface area is 143 Å². The standard InChI is InChI=1S/C16H16ClN3O2S/c1-8-4-3-5-11(17)13(8)19-15(22)12-7-18-16(23-12)20-14(21)10-6-9(10)2/h3-5,7,9-10H,6H2,1-2H3,(H,19,22)(H,18,20,21)/t9-,10?/m0/s1. The number of carbonyl (C=O) groups excluding carboxylic acids is 2. The lowest BCUT2D eigenvalue weighted by Crippen LogP contribution is -2.14. The molecule has 1 aliphatic carbocycles. The van der Waals surface area contributed by atoms with Crippen LogP contribution in [0.2, 0.25) is 5.02 Å². The fourth-order valence-corrected chi connectivity index (χ4v) is 3.27. The zero-order valence-corrected chi connectivity index (χ0v) is 14.3. The first-order valence-electron chi connectivity index (χ1n) is 7.29. The highest BCUT2D eigenvalue weighted by atomic mass is 35.5. The van der Waals surface area contributed by atoms with Crippen LogP contribution in [0.4, 0.5) is 10.8 Å². The molecule has 5 nitrogen and oxygen atoms in total. The quantitative estimate of drug-likeness (QED) is 0.877. The Morgan fingerprint density at radius 2 is 2.09 bits per heavy atom. The largest absolute Gasteiger partial charge is 0.320 e. The lowest BCUT2D eigenvalue weighted by molar-refractivity contribution is -0.117. The molecule has 0 radical (unpaired) electrons. The van der Waals surface area contributed by atoms with Gasteiger partial charge >= 0.3 is 0 Å². The number of benzene rings is 1. The summed E-state index contributed by atoms with van der Waals surface area (Å²) in [6, 6.07) is 5.42. The normalized spacial score (nSPS) is 19.3. The summed E-state index contributed by atoms with van der Waals surface area (Å²) in [4.78, 5) is 28.7. The molecule has 0 spiro atoms. The molecule has 0 bridgehead atoms. The molecule has 3 rings (SSSR count). The van der Waals surface area contributed by atoms with E-state index in [2.05, 4.69) is 15.6 Å². The second-order valence-corrected chi connectivity index (χ2v) is 7.16. The van der Waals surface area contributed by atoms with Crippen LogP contribution >= 0.6 is 22.9 Å². The molecule has 1 fully saturated rings. The van der Waals surface area contributed by atoms with E-state index in [9.17, 15) is 9.59 Å². The maximum atomic E-state index is 12.3. The lowest BCUT2D eigenvalue weighted by atomic mass is 10.2. The van der Waals surface area contributed by atoms with Crippen LogP contribution in [0.25, 0.3) is 0 Å². The van der Waals surface area contributed by atoms with Crippen molar-refractivity contribution in [2.24, 2.45) is 11.8 Å². The molecular weight excluding hydrogens is 334 g/mol. The van der Waals surface area contributed by atoms with Crippen LogP contribution in [0.1, 0.15) is 28.6 Å². The number of anilines is 2. The van der Waals surface area contributed by atoms with E-state index in [-0.39, 0.29) is 17.7 Å². The molecule has 1 unspecified atom stereocenters. The number of aryl methyl sites for hydroxylation is 1. The van der Waals surface area contributed by atoms with Crippen molar-refractivity contribution < 1.29 is 9.59 Å². The van der Waals surface area contributed by atoms with Crippen LogP contribution in [0.3, 0.4) is 0 Å². The van der Waals surface area contributed by atoms with Gasteiger partial charge in [-0.3, -0.25) is 9.59 Å². The predicted octanol–water partition coefficient (Wildman–Crippen LogP) is 3.95. The van der Waals surface area contributed by atoms with E-state index in [0.717, 1.165) is 23.3 Å². The molecule has 7 heteroatoms. The van der Waals surface area contributed by atoms with Crippen molar-refractivity contribution in [3.05, 3.63) is 39.9 Å².